The molecule has 4 rings (SSSR count). The molecule has 0 saturated carbocycles. The van der Waals surface area contributed by atoms with Gasteiger partial charge in [0.25, 0.3) is 17.5 Å². The van der Waals surface area contributed by atoms with Crippen LogP contribution >= 0.6 is 0 Å². The summed E-state index contributed by atoms with van der Waals surface area (Å²) in [5, 5.41) is 11.3. The van der Waals surface area contributed by atoms with Crippen LogP contribution in [-0.4, -0.2) is 53.3 Å². The molecule has 1 saturated heterocycles. The molecule has 0 aliphatic carbocycles. The van der Waals surface area contributed by atoms with Crippen molar-refractivity contribution in [1.82, 2.24) is 9.80 Å². The van der Waals surface area contributed by atoms with Crippen molar-refractivity contribution >= 4 is 23.2 Å². The van der Waals surface area contributed by atoms with E-state index in [4.69, 9.17) is 0 Å². The highest BCUT2D eigenvalue weighted by molar-refractivity contribution is 6.23. The zero-order chi connectivity index (χ0) is 20.5. The molecule has 2 heterocycles. The SMILES string of the molecule is CN(Cc1ccccc1N1CCCC1)CN1C(=O)c2cccc([N+](=O)[O-])c2C1=O. The van der Waals surface area contributed by atoms with Gasteiger partial charge in [-0.3, -0.25) is 29.5 Å². The molecule has 0 unspecified atom stereocenters. The van der Waals surface area contributed by atoms with Gasteiger partial charge in [-0.25, -0.2) is 0 Å². The summed E-state index contributed by atoms with van der Waals surface area (Å²) in [6.07, 6.45) is 2.36. The second-order valence-corrected chi connectivity index (χ2v) is 7.47. The first-order valence-electron chi connectivity index (χ1n) is 9.62. The number of hydrogen-bond donors (Lipinski definition) is 0. The number of amides is 2. The molecule has 1 fully saturated rings. The van der Waals surface area contributed by atoms with Crippen molar-refractivity contribution in [3.63, 3.8) is 0 Å². The minimum absolute atomic E-state index is 0.0673. The maximum Gasteiger partial charge on any atom is 0.282 e. The predicted octanol–water partition coefficient (Wildman–Crippen LogP) is 2.88. The molecule has 150 valence electrons. The third-order valence-electron chi connectivity index (χ3n) is 5.44. The first kappa shape index (κ1) is 19.1. The van der Waals surface area contributed by atoms with Crippen LogP contribution in [0.3, 0.4) is 0 Å². The molecule has 0 atom stereocenters. The van der Waals surface area contributed by atoms with Gasteiger partial charge in [-0.1, -0.05) is 24.3 Å². The lowest BCUT2D eigenvalue weighted by Crippen LogP contribution is -2.39. The Balaban J connectivity index is 1.52. The number of fused-ring (bicyclic) bond motifs is 1. The van der Waals surface area contributed by atoms with Gasteiger partial charge in [-0.2, -0.15) is 0 Å². The molecule has 8 nitrogen and oxygen atoms in total. The molecule has 8 heteroatoms. The first-order valence-corrected chi connectivity index (χ1v) is 9.62. The highest BCUT2D eigenvalue weighted by Crippen LogP contribution is 2.31. The Morgan fingerprint density at radius 2 is 1.76 bits per heavy atom. The number of nitrogens with zero attached hydrogens (tertiary/aromatic N) is 4. The van der Waals surface area contributed by atoms with Gasteiger partial charge >= 0.3 is 0 Å². The number of carbonyl (C=O) groups excluding carboxylic acids is 2. The van der Waals surface area contributed by atoms with Gasteiger partial charge in [0.1, 0.15) is 5.56 Å². The van der Waals surface area contributed by atoms with E-state index in [-0.39, 0.29) is 23.5 Å². The second kappa shape index (κ2) is 7.63. The summed E-state index contributed by atoms with van der Waals surface area (Å²) in [5.74, 6) is -1.11. The molecule has 0 bridgehead atoms. The second-order valence-electron chi connectivity index (χ2n) is 7.47. The Morgan fingerprint density at radius 1 is 1.03 bits per heavy atom. The summed E-state index contributed by atoms with van der Waals surface area (Å²) in [6, 6.07) is 12.3. The van der Waals surface area contributed by atoms with E-state index in [9.17, 15) is 19.7 Å². The van der Waals surface area contributed by atoms with Gasteiger partial charge in [0.15, 0.2) is 0 Å². The van der Waals surface area contributed by atoms with Crippen LogP contribution in [0.4, 0.5) is 11.4 Å². The quantitative estimate of drug-likeness (QED) is 0.425. The van der Waals surface area contributed by atoms with Crippen molar-refractivity contribution in [3.05, 3.63) is 69.3 Å². The Bertz CT molecular complexity index is 984. The molecular formula is C21H22N4O4. The number of nitro benzene ring substituents is 1. The molecule has 2 aromatic rings. The molecular weight excluding hydrogens is 372 g/mol. The van der Waals surface area contributed by atoms with Crippen LogP contribution in [0.15, 0.2) is 42.5 Å². The predicted molar refractivity (Wildman–Crippen MR) is 108 cm³/mol. The van der Waals surface area contributed by atoms with Crippen LogP contribution in [0.5, 0.6) is 0 Å². The molecule has 0 aromatic heterocycles. The highest BCUT2D eigenvalue weighted by atomic mass is 16.6. The average Bonchev–Trinajstić information content (AvgIpc) is 3.32. The molecule has 2 aliphatic heterocycles. The normalized spacial score (nSPS) is 16.1. The summed E-state index contributed by atoms with van der Waals surface area (Å²) in [6.45, 7) is 2.69. The van der Waals surface area contributed by atoms with Gasteiger partial charge in [-0.05, 0) is 37.6 Å². The van der Waals surface area contributed by atoms with Crippen molar-refractivity contribution in [1.29, 1.82) is 0 Å². The fourth-order valence-electron chi connectivity index (χ4n) is 4.09. The van der Waals surface area contributed by atoms with E-state index in [0.29, 0.717) is 6.54 Å². The summed E-state index contributed by atoms with van der Waals surface area (Å²) in [4.78, 5) is 41.4. The Labute approximate surface area is 168 Å². The largest absolute Gasteiger partial charge is 0.371 e. The van der Waals surface area contributed by atoms with Crippen molar-refractivity contribution in [3.8, 4) is 0 Å². The number of rotatable bonds is 6. The van der Waals surface area contributed by atoms with Crippen LogP contribution in [0, 0.1) is 10.1 Å². The Hall–Kier alpha value is -3.26. The lowest BCUT2D eigenvalue weighted by molar-refractivity contribution is -0.385. The number of carbonyl (C=O) groups is 2. The zero-order valence-corrected chi connectivity index (χ0v) is 16.2. The molecule has 2 aliphatic rings. The van der Waals surface area contributed by atoms with Crippen molar-refractivity contribution in [2.24, 2.45) is 0 Å². The number of imide groups is 1. The standard InChI is InChI=1S/C21H22N4O4/c1-22(13-15-7-2-3-9-17(15)23-11-4-5-12-23)14-24-20(26)16-8-6-10-18(25(28)29)19(16)21(24)27/h2-3,6-10H,4-5,11-14H2,1H3. The van der Waals surface area contributed by atoms with Crippen LogP contribution in [-0.2, 0) is 6.54 Å². The molecule has 2 amide bonds. The minimum atomic E-state index is -0.622. The van der Waals surface area contributed by atoms with E-state index < -0.39 is 16.7 Å². The lowest BCUT2D eigenvalue weighted by Gasteiger charge is -2.26. The maximum atomic E-state index is 12.8. The van der Waals surface area contributed by atoms with Gasteiger partial charge in [-0.15, -0.1) is 0 Å². The fraction of sp³-hybridized carbons (Fsp3) is 0.333. The van der Waals surface area contributed by atoms with Gasteiger partial charge < -0.3 is 4.90 Å². The smallest absolute Gasteiger partial charge is 0.282 e. The van der Waals surface area contributed by atoms with Crippen LogP contribution < -0.4 is 4.90 Å². The topological polar surface area (TPSA) is 87.0 Å². The van der Waals surface area contributed by atoms with E-state index in [0.717, 1.165) is 23.6 Å². The van der Waals surface area contributed by atoms with Gasteiger partial charge in [0, 0.05) is 31.4 Å². The molecule has 0 radical (unpaired) electrons. The molecule has 2 aromatic carbocycles. The summed E-state index contributed by atoms with van der Waals surface area (Å²) in [7, 11) is 1.83. The van der Waals surface area contributed by atoms with Crippen molar-refractivity contribution in [2.75, 3.05) is 31.7 Å². The Kier molecular flexibility index (Phi) is 5.02. The van der Waals surface area contributed by atoms with E-state index in [1.165, 1.54) is 36.7 Å². The first-order chi connectivity index (χ1) is 14.0. The van der Waals surface area contributed by atoms with E-state index in [2.05, 4.69) is 17.0 Å². The number of para-hydroxylation sites is 1. The van der Waals surface area contributed by atoms with Crippen molar-refractivity contribution in [2.45, 2.75) is 19.4 Å². The minimum Gasteiger partial charge on any atom is -0.371 e. The maximum absolute atomic E-state index is 12.8. The highest BCUT2D eigenvalue weighted by Gasteiger charge is 2.41. The number of anilines is 1. The third kappa shape index (κ3) is 3.47. The Morgan fingerprint density at radius 3 is 2.48 bits per heavy atom. The summed E-state index contributed by atoms with van der Waals surface area (Å²) < 4.78 is 0. The molecule has 0 N–H and O–H groups in total. The number of nitro groups is 1. The van der Waals surface area contributed by atoms with Crippen LogP contribution in [0.25, 0.3) is 0 Å². The van der Waals surface area contributed by atoms with E-state index in [1.807, 2.05) is 24.1 Å². The molecule has 0 spiro atoms. The van der Waals surface area contributed by atoms with Crippen molar-refractivity contribution < 1.29 is 14.5 Å². The van der Waals surface area contributed by atoms with Crippen LogP contribution in [0.1, 0.15) is 39.1 Å². The monoisotopic (exact) mass is 394 g/mol. The zero-order valence-electron chi connectivity index (χ0n) is 16.2. The van der Waals surface area contributed by atoms with Gasteiger partial charge in [0.2, 0.25) is 0 Å². The number of hydrogen-bond acceptors (Lipinski definition) is 6. The lowest BCUT2D eigenvalue weighted by atomic mass is 10.1. The fourth-order valence-corrected chi connectivity index (χ4v) is 4.09. The van der Waals surface area contributed by atoms with Gasteiger partial charge in [0.05, 0.1) is 17.2 Å². The third-order valence-corrected chi connectivity index (χ3v) is 5.44. The summed E-state index contributed by atoms with van der Waals surface area (Å²) >= 11 is 0. The van der Waals surface area contributed by atoms with E-state index >= 15 is 0 Å². The van der Waals surface area contributed by atoms with E-state index in [1.54, 1.807) is 0 Å². The number of benzene rings is 2. The average molecular weight is 394 g/mol. The van der Waals surface area contributed by atoms with Crippen LogP contribution in [0.2, 0.25) is 0 Å². The summed E-state index contributed by atoms with van der Waals surface area (Å²) in [5.41, 5.74) is 1.95. The molecule has 29 heavy (non-hydrogen) atoms.